The van der Waals surface area contributed by atoms with Crippen molar-refractivity contribution in [2.75, 3.05) is 13.2 Å². The number of carbonyl (C=O) groups excluding carboxylic acids is 2. The van der Waals surface area contributed by atoms with E-state index in [1.54, 1.807) is 0 Å². The van der Waals surface area contributed by atoms with Gasteiger partial charge in [-0.2, -0.15) is 0 Å². The molecule has 2 aliphatic carbocycles. The average molecular weight is 561 g/mol. The molecule has 0 bridgehead atoms. The molecule has 2 aliphatic rings. The molecular formula is C35H44O6. The SMILES string of the molecule is CCCCCc1ccc2c(OCC(=O)OC3CCCCC3)c3ccccc3c(OCC(=O)OC3CCCCC3)c2c1. The summed E-state index contributed by atoms with van der Waals surface area (Å²) < 4.78 is 24.0. The van der Waals surface area contributed by atoms with Crippen LogP contribution in [0.5, 0.6) is 11.5 Å². The van der Waals surface area contributed by atoms with Gasteiger partial charge < -0.3 is 18.9 Å². The van der Waals surface area contributed by atoms with Gasteiger partial charge in [-0.15, -0.1) is 0 Å². The van der Waals surface area contributed by atoms with Gasteiger partial charge in [-0.3, -0.25) is 0 Å². The zero-order chi connectivity index (χ0) is 28.4. The van der Waals surface area contributed by atoms with Crippen molar-refractivity contribution in [1.29, 1.82) is 0 Å². The summed E-state index contributed by atoms with van der Waals surface area (Å²) in [6, 6.07) is 14.2. The van der Waals surface area contributed by atoms with E-state index in [-0.39, 0.29) is 37.4 Å². The first-order valence-corrected chi connectivity index (χ1v) is 15.7. The summed E-state index contributed by atoms with van der Waals surface area (Å²) in [7, 11) is 0. The lowest BCUT2D eigenvalue weighted by Gasteiger charge is -2.23. The molecule has 0 atom stereocenters. The molecule has 3 aromatic carbocycles. The van der Waals surface area contributed by atoms with Crippen LogP contribution in [-0.2, 0) is 25.5 Å². The molecule has 41 heavy (non-hydrogen) atoms. The van der Waals surface area contributed by atoms with Crippen LogP contribution in [0.2, 0.25) is 0 Å². The van der Waals surface area contributed by atoms with Crippen LogP contribution < -0.4 is 9.47 Å². The average Bonchev–Trinajstić information content (AvgIpc) is 3.00. The minimum absolute atomic E-state index is 0.0110. The highest BCUT2D eigenvalue weighted by atomic mass is 16.6. The molecule has 0 spiro atoms. The predicted octanol–water partition coefficient (Wildman–Crippen LogP) is 8.24. The minimum Gasteiger partial charge on any atom is -0.481 e. The molecule has 0 saturated heterocycles. The van der Waals surface area contributed by atoms with Crippen molar-refractivity contribution >= 4 is 33.5 Å². The number of ether oxygens (including phenoxy) is 4. The van der Waals surface area contributed by atoms with Crippen molar-refractivity contribution < 1.29 is 28.5 Å². The van der Waals surface area contributed by atoms with E-state index in [2.05, 4.69) is 25.1 Å². The summed E-state index contributed by atoms with van der Waals surface area (Å²) >= 11 is 0. The first kappa shape index (κ1) is 29.2. The third-order valence-corrected chi connectivity index (χ3v) is 8.43. The highest BCUT2D eigenvalue weighted by Crippen LogP contribution is 2.43. The number of hydrogen-bond acceptors (Lipinski definition) is 6. The standard InChI is InChI=1S/C35H44O6/c1-2-3-6-13-25-20-21-30-31(22-25)35(39-24-33(37)41-27-16-9-5-10-17-27)29-19-12-11-18-28(29)34(30)38-23-32(36)40-26-14-7-4-8-15-26/h11-12,18-22,26-27H,2-10,13-17,23-24H2,1H3. The van der Waals surface area contributed by atoms with Crippen LogP contribution in [0.1, 0.15) is 96.0 Å². The number of rotatable bonds is 12. The number of fused-ring (bicyclic) bond motifs is 2. The molecule has 0 aromatic heterocycles. The topological polar surface area (TPSA) is 71.1 Å². The molecule has 2 fully saturated rings. The van der Waals surface area contributed by atoms with E-state index in [1.807, 2.05) is 24.3 Å². The maximum Gasteiger partial charge on any atom is 0.344 e. The van der Waals surface area contributed by atoms with Crippen LogP contribution in [0.3, 0.4) is 0 Å². The fourth-order valence-electron chi connectivity index (χ4n) is 6.26. The molecule has 0 N–H and O–H groups in total. The van der Waals surface area contributed by atoms with Crippen LogP contribution in [-0.4, -0.2) is 37.4 Å². The summed E-state index contributed by atoms with van der Waals surface area (Å²) in [5.41, 5.74) is 1.21. The van der Waals surface area contributed by atoms with Gasteiger partial charge in [-0.05, 0) is 75.8 Å². The van der Waals surface area contributed by atoms with Gasteiger partial charge in [0, 0.05) is 21.5 Å². The molecule has 0 radical (unpaired) electrons. The normalized spacial score (nSPS) is 16.5. The van der Waals surface area contributed by atoms with E-state index in [1.165, 1.54) is 24.8 Å². The highest BCUT2D eigenvalue weighted by molar-refractivity contribution is 6.11. The first-order chi connectivity index (χ1) is 20.1. The van der Waals surface area contributed by atoms with E-state index < -0.39 is 0 Å². The van der Waals surface area contributed by atoms with Crippen molar-refractivity contribution in [3.05, 3.63) is 48.0 Å². The molecule has 0 amide bonds. The third kappa shape index (κ3) is 7.72. The maximum atomic E-state index is 12.8. The summed E-state index contributed by atoms with van der Waals surface area (Å²) in [6.45, 7) is 1.90. The maximum absolute atomic E-state index is 12.8. The van der Waals surface area contributed by atoms with Gasteiger partial charge in [0.15, 0.2) is 13.2 Å². The molecule has 0 unspecified atom stereocenters. The van der Waals surface area contributed by atoms with E-state index in [4.69, 9.17) is 18.9 Å². The Morgan fingerprint density at radius 1 is 0.659 bits per heavy atom. The molecule has 5 rings (SSSR count). The Morgan fingerprint density at radius 3 is 1.71 bits per heavy atom. The lowest BCUT2D eigenvalue weighted by atomic mass is 9.97. The zero-order valence-electron chi connectivity index (χ0n) is 24.5. The monoisotopic (exact) mass is 560 g/mol. The Bertz CT molecular complexity index is 1320. The van der Waals surface area contributed by atoms with Crippen LogP contribution in [0.15, 0.2) is 42.5 Å². The number of carbonyl (C=O) groups is 2. The van der Waals surface area contributed by atoms with E-state index >= 15 is 0 Å². The second-order valence-electron chi connectivity index (χ2n) is 11.6. The lowest BCUT2D eigenvalue weighted by molar-refractivity contribution is -0.153. The predicted molar refractivity (Wildman–Crippen MR) is 162 cm³/mol. The van der Waals surface area contributed by atoms with Crippen molar-refractivity contribution in [3.8, 4) is 11.5 Å². The molecule has 3 aromatic rings. The lowest BCUT2D eigenvalue weighted by Crippen LogP contribution is -2.25. The van der Waals surface area contributed by atoms with Gasteiger partial charge in [-0.1, -0.05) is 69.0 Å². The smallest absolute Gasteiger partial charge is 0.344 e. The van der Waals surface area contributed by atoms with Crippen molar-refractivity contribution in [3.63, 3.8) is 0 Å². The van der Waals surface area contributed by atoms with Gasteiger partial charge in [0.2, 0.25) is 0 Å². The number of esters is 2. The number of benzene rings is 3. The summed E-state index contributed by atoms with van der Waals surface area (Å²) in [5.74, 6) is 0.606. The second-order valence-corrected chi connectivity index (χ2v) is 11.6. The molecule has 6 heteroatoms. The molecule has 0 heterocycles. The minimum atomic E-state index is -0.337. The summed E-state index contributed by atoms with van der Waals surface area (Å²) in [4.78, 5) is 25.5. The largest absolute Gasteiger partial charge is 0.481 e. The Morgan fingerprint density at radius 2 is 1.17 bits per heavy atom. The van der Waals surface area contributed by atoms with Gasteiger partial charge in [0.25, 0.3) is 0 Å². The van der Waals surface area contributed by atoms with Crippen molar-refractivity contribution in [2.45, 2.75) is 109 Å². The molecule has 6 nitrogen and oxygen atoms in total. The van der Waals surface area contributed by atoms with Gasteiger partial charge in [-0.25, -0.2) is 9.59 Å². The van der Waals surface area contributed by atoms with Crippen LogP contribution in [0, 0.1) is 0 Å². The zero-order valence-corrected chi connectivity index (χ0v) is 24.5. The van der Waals surface area contributed by atoms with Crippen molar-refractivity contribution in [1.82, 2.24) is 0 Å². The number of unbranched alkanes of at least 4 members (excludes halogenated alkanes) is 2. The highest BCUT2D eigenvalue weighted by Gasteiger charge is 2.22. The Balaban J connectivity index is 1.42. The van der Waals surface area contributed by atoms with Crippen LogP contribution in [0.4, 0.5) is 0 Å². The Hall–Kier alpha value is -3.28. The van der Waals surface area contributed by atoms with Gasteiger partial charge >= 0.3 is 11.9 Å². The molecule has 0 aliphatic heterocycles. The fourth-order valence-corrected chi connectivity index (χ4v) is 6.26. The van der Waals surface area contributed by atoms with Crippen LogP contribution >= 0.6 is 0 Å². The quantitative estimate of drug-likeness (QED) is 0.126. The summed E-state index contributed by atoms with van der Waals surface area (Å²) in [5, 5.41) is 3.40. The van der Waals surface area contributed by atoms with E-state index in [0.29, 0.717) is 11.5 Å². The summed E-state index contributed by atoms with van der Waals surface area (Å²) in [6.07, 6.45) is 14.9. The Kier molecular flexibility index (Phi) is 10.4. The van der Waals surface area contributed by atoms with Crippen LogP contribution in [0.25, 0.3) is 21.5 Å². The van der Waals surface area contributed by atoms with Gasteiger partial charge in [0.1, 0.15) is 23.7 Å². The van der Waals surface area contributed by atoms with E-state index in [9.17, 15) is 9.59 Å². The fraction of sp³-hybridized carbons (Fsp3) is 0.543. The first-order valence-electron chi connectivity index (χ1n) is 15.7. The molecule has 2 saturated carbocycles. The van der Waals surface area contributed by atoms with Crippen molar-refractivity contribution in [2.24, 2.45) is 0 Å². The third-order valence-electron chi connectivity index (χ3n) is 8.43. The number of hydrogen-bond donors (Lipinski definition) is 0. The number of aryl methyl sites for hydroxylation is 1. The second kappa shape index (κ2) is 14.6. The molecular weight excluding hydrogens is 516 g/mol. The Labute approximate surface area is 243 Å². The van der Waals surface area contributed by atoms with Gasteiger partial charge in [0.05, 0.1) is 0 Å². The molecule has 220 valence electrons. The van der Waals surface area contributed by atoms with E-state index in [0.717, 1.165) is 92.2 Å².